The summed E-state index contributed by atoms with van der Waals surface area (Å²) < 4.78 is 5.28. The molecule has 5 heteroatoms. The first-order valence-electron chi connectivity index (χ1n) is 6.16. The fraction of sp³-hybridized carbons (Fsp3) is 0.833. The molecular weight excluding hydrogens is 222 g/mol. The van der Waals surface area contributed by atoms with Gasteiger partial charge in [0.25, 0.3) is 5.91 Å². The molecule has 2 heterocycles. The monoisotopic (exact) mass is 241 g/mol. The number of carbonyl (C=O) groups excluding carboxylic acids is 1. The molecule has 96 valence electrons. The zero-order chi connectivity index (χ0) is 12.6. The second-order valence-electron chi connectivity index (χ2n) is 5.23. The Labute approximate surface area is 101 Å². The third-order valence-corrected chi connectivity index (χ3v) is 3.87. The third kappa shape index (κ3) is 2.44. The van der Waals surface area contributed by atoms with Crippen molar-refractivity contribution in [2.75, 3.05) is 13.1 Å². The Morgan fingerprint density at radius 2 is 1.65 bits per heavy atom. The highest BCUT2D eigenvalue weighted by atomic mass is 16.5. The molecular formula is C12H19NO4. The average molecular weight is 241 g/mol. The van der Waals surface area contributed by atoms with Crippen molar-refractivity contribution < 1.29 is 19.4 Å². The molecule has 0 radical (unpaired) electrons. The Bertz CT molecular complexity index is 320. The molecule has 0 aliphatic carbocycles. The van der Waals surface area contributed by atoms with Crippen molar-refractivity contribution >= 4 is 11.9 Å². The standard InChI is InChI=1S/C12H19NO4/c1-7-5-13(6-8(7)2)11(14)9-3-4-10(17-9)12(15)16/h7-10H,3-6H2,1-2H3,(H,15,16)/t7?,8?,9-,10+/m0/s1. The summed E-state index contributed by atoms with van der Waals surface area (Å²) in [5, 5.41) is 8.81. The van der Waals surface area contributed by atoms with Gasteiger partial charge in [-0.3, -0.25) is 4.79 Å². The second kappa shape index (κ2) is 4.64. The van der Waals surface area contributed by atoms with Crippen LogP contribution < -0.4 is 0 Å². The molecule has 0 aromatic heterocycles. The van der Waals surface area contributed by atoms with Crippen LogP contribution in [-0.2, 0) is 14.3 Å². The van der Waals surface area contributed by atoms with E-state index in [-0.39, 0.29) is 5.91 Å². The molecule has 1 N–H and O–H groups in total. The first-order valence-corrected chi connectivity index (χ1v) is 6.16. The highest BCUT2D eigenvalue weighted by Crippen LogP contribution is 2.27. The zero-order valence-electron chi connectivity index (χ0n) is 10.3. The molecule has 2 aliphatic heterocycles. The van der Waals surface area contributed by atoms with Crippen LogP contribution in [0.25, 0.3) is 0 Å². The molecule has 0 aromatic rings. The number of hydrogen-bond acceptors (Lipinski definition) is 3. The molecule has 4 atom stereocenters. The van der Waals surface area contributed by atoms with Gasteiger partial charge < -0.3 is 14.7 Å². The summed E-state index contributed by atoms with van der Waals surface area (Å²) in [5.41, 5.74) is 0. The molecule has 0 bridgehead atoms. The number of aliphatic carboxylic acids is 1. The highest BCUT2D eigenvalue weighted by Gasteiger charge is 2.39. The van der Waals surface area contributed by atoms with Crippen molar-refractivity contribution in [1.29, 1.82) is 0 Å². The van der Waals surface area contributed by atoms with E-state index in [0.717, 1.165) is 13.1 Å². The largest absolute Gasteiger partial charge is 0.479 e. The predicted molar refractivity (Wildman–Crippen MR) is 60.4 cm³/mol. The van der Waals surface area contributed by atoms with E-state index in [4.69, 9.17) is 9.84 Å². The maximum absolute atomic E-state index is 12.1. The Kier molecular flexibility index (Phi) is 3.38. The van der Waals surface area contributed by atoms with Crippen LogP contribution >= 0.6 is 0 Å². The van der Waals surface area contributed by atoms with E-state index in [1.807, 2.05) is 4.90 Å². The van der Waals surface area contributed by atoms with Gasteiger partial charge in [-0.25, -0.2) is 4.79 Å². The maximum Gasteiger partial charge on any atom is 0.332 e. The summed E-state index contributed by atoms with van der Waals surface area (Å²) in [5.74, 6) is 0.0136. The predicted octanol–water partition coefficient (Wildman–Crippen LogP) is 0.733. The highest BCUT2D eigenvalue weighted by molar-refractivity contribution is 5.83. The van der Waals surface area contributed by atoms with E-state index in [2.05, 4.69) is 13.8 Å². The molecule has 5 nitrogen and oxygen atoms in total. The SMILES string of the molecule is CC1CN(C(=O)[C@@H]2CC[C@H](C(=O)O)O2)CC1C. The van der Waals surface area contributed by atoms with Gasteiger partial charge in [0.15, 0.2) is 6.10 Å². The van der Waals surface area contributed by atoms with Crippen LogP contribution in [0.5, 0.6) is 0 Å². The molecule has 17 heavy (non-hydrogen) atoms. The van der Waals surface area contributed by atoms with Gasteiger partial charge in [0.2, 0.25) is 0 Å². The maximum atomic E-state index is 12.1. The number of ether oxygens (including phenoxy) is 1. The first-order chi connectivity index (χ1) is 7.99. The number of nitrogens with zero attached hydrogens (tertiary/aromatic N) is 1. The van der Waals surface area contributed by atoms with E-state index in [1.165, 1.54) is 0 Å². The Hall–Kier alpha value is -1.10. The van der Waals surface area contributed by atoms with Crippen molar-refractivity contribution in [2.45, 2.75) is 38.9 Å². The normalized spacial score (nSPS) is 37.4. The lowest BCUT2D eigenvalue weighted by Gasteiger charge is -2.20. The summed E-state index contributed by atoms with van der Waals surface area (Å²) >= 11 is 0. The van der Waals surface area contributed by atoms with E-state index < -0.39 is 18.2 Å². The molecule has 0 aromatic carbocycles. The molecule has 2 rings (SSSR count). The summed E-state index contributed by atoms with van der Waals surface area (Å²) in [7, 11) is 0. The van der Waals surface area contributed by atoms with Crippen LogP contribution in [0.2, 0.25) is 0 Å². The molecule has 2 fully saturated rings. The van der Waals surface area contributed by atoms with Gasteiger partial charge in [0.05, 0.1) is 0 Å². The smallest absolute Gasteiger partial charge is 0.332 e. The fourth-order valence-electron chi connectivity index (χ4n) is 2.51. The molecule has 2 aliphatic rings. The topological polar surface area (TPSA) is 66.8 Å². The molecule has 0 spiro atoms. The quantitative estimate of drug-likeness (QED) is 0.774. The van der Waals surface area contributed by atoms with Crippen LogP contribution in [-0.4, -0.2) is 47.2 Å². The number of amides is 1. The number of likely N-dealkylation sites (tertiary alicyclic amines) is 1. The minimum Gasteiger partial charge on any atom is -0.479 e. The van der Waals surface area contributed by atoms with E-state index >= 15 is 0 Å². The summed E-state index contributed by atoms with van der Waals surface area (Å²) in [4.78, 5) is 24.7. The minimum atomic E-state index is -0.969. The summed E-state index contributed by atoms with van der Waals surface area (Å²) in [6.07, 6.45) is -0.394. The van der Waals surface area contributed by atoms with E-state index in [1.54, 1.807) is 0 Å². The summed E-state index contributed by atoms with van der Waals surface area (Å²) in [6.45, 7) is 5.79. The lowest BCUT2D eigenvalue weighted by atomic mass is 10.0. The molecule has 0 saturated carbocycles. The van der Waals surface area contributed by atoms with Gasteiger partial charge in [0.1, 0.15) is 6.10 Å². The van der Waals surface area contributed by atoms with Crippen molar-refractivity contribution in [3.05, 3.63) is 0 Å². The van der Waals surface area contributed by atoms with Crippen LogP contribution in [0.4, 0.5) is 0 Å². The number of carboxylic acid groups (broad SMARTS) is 1. The van der Waals surface area contributed by atoms with Crippen LogP contribution in [0.1, 0.15) is 26.7 Å². The minimum absolute atomic E-state index is 0.0371. The Morgan fingerprint density at radius 1 is 1.12 bits per heavy atom. The van der Waals surface area contributed by atoms with Crippen LogP contribution in [0, 0.1) is 11.8 Å². The summed E-state index contributed by atoms with van der Waals surface area (Å²) in [6, 6.07) is 0. The number of rotatable bonds is 2. The van der Waals surface area contributed by atoms with E-state index in [0.29, 0.717) is 24.7 Å². The lowest BCUT2D eigenvalue weighted by Crippen LogP contribution is -2.38. The van der Waals surface area contributed by atoms with Gasteiger partial charge in [-0.15, -0.1) is 0 Å². The van der Waals surface area contributed by atoms with Crippen LogP contribution in [0.3, 0.4) is 0 Å². The Balaban J connectivity index is 1.92. The lowest BCUT2D eigenvalue weighted by molar-refractivity contribution is -0.154. The van der Waals surface area contributed by atoms with Gasteiger partial charge >= 0.3 is 5.97 Å². The number of hydrogen-bond donors (Lipinski definition) is 1. The zero-order valence-corrected chi connectivity index (χ0v) is 10.3. The van der Waals surface area contributed by atoms with Gasteiger partial charge in [-0.2, -0.15) is 0 Å². The van der Waals surface area contributed by atoms with Crippen molar-refractivity contribution in [3.63, 3.8) is 0 Å². The average Bonchev–Trinajstić information content (AvgIpc) is 2.86. The molecule has 2 unspecified atom stereocenters. The van der Waals surface area contributed by atoms with E-state index in [9.17, 15) is 9.59 Å². The Morgan fingerprint density at radius 3 is 2.12 bits per heavy atom. The van der Waals surface area contributed by atoms with Crippen molar-refractivity contribution in [2.24, 2.45) is 11.8 Å². The van der Waals surface area contributed by atoms with Gasteiger partial charge in [0, 0.05) is 13.1 Å². The van der Waals surface area contributed by atoms with Crippen LogP contribution in [0.15, 0.2) is 0 Å². The van der Waals surface area contributed by atoms with Crippen molar-refractivity contribution in [3.8, 4) is 0 Å². The van der Waals surface area contributed by atoms with Gasteiger partial charge in [-0.1, -0.05) is 13.8 Å². The molecule has 1 amide bonds. The molecule has 2 saturated heterocycles. The number of carbonyl (C=O) groups is 2. The number of carboxylic acids is 1. The second-order valence-corrected chi connectivity index (χ2v) is 5.23. The van der Waals surface area contributed by atoms with Crippen molar-refractivity contribution in [1.82, 2.24) is 4.90 Å². The first kappa shape index (κ1) is 12.4. The fourth-order valence-corrected chi connectivity index (χ4v) is 2.51. The van der Waals surface area contributed by atoms with Gasteiger partial charge in [-0.05, 0) is 24.7 Å². The third-order valence-electron chi connectivity index (χ3n) is 3.87.